The van der Waals surface area contributed by atoms with Gasteiger partial charge in [-0.05, 0) is 44.0 Å². The van der Waals surface area contributed by atoms with Gasteiger partial charge >= 0.3 is 0 Å². The van der Waals surface area contributed by atoms with Gasteiger partial charge in [0.05, 0.1) is 10.8 Å². The van der Waals surface area contributed by atoms with E-state index < -0.39 is 10.8 Å². The predicted molar refractivity (Wildman–Crippen MR) is 61.1 cm³/mol. The Balaban J connectivity index is 1.91. The Morgan fingerprint density at radius 1 is 1.47 bits per heavy atom. The largest absolute Gasteiger partial charge is 0.316 e. The fourth-order valence-electron chi connectivity index (χ4n) is 1.87. The van der Waals surface area contributed by atoms with Crippen molar-refractivity contribution in [2.24, 2.45) is 5.92 Å². The molecule has 2 rings (SSSR count). The van der Waals surface area contributed by atoms with Gasteiger partial charge in [-0.2, -0.15) is 0 Å². The summed E-state index contributed by atoms with van der Waals surface area (Å²) in [4.78, 5) is 4.83. The molecule has 0 aromatic carbocycles. The van der Waals surface area contributed by atoms with Crippen LogP contribution in [0.4, 0.5) is 0 Å². The average molecular weight is 224 g/mol. The highest BCUT2D eigenvalue weighted by Gasteiger charge is 2.16. The minimum atomic E-state index is -0.861. The summed E-state index contributed by atoms with van der Waals surface area (Å²) in [6.07, 6.45) is 5.81. The molecule has 1 aliphatic rings. The number of nitrogens with one attached hydrogen (secondary N) is 1. The fraction of sp³-hybridized carbons (Fsp3) is 0.545. The van der Waals surface area contributed by atoms with Crippen molar-refractivity contribution in [3.05, 3.63) is 24.5 Å². The molecule has 0 saturated carbocycles. The van der Waals surface area contributed by atoms with E-state index in [1.165, 1.54) is 12.8 Å². The molecular weight excluding hydrogens is 208 g/mol. The number of aromatic nitrogens is 1. The van der Waals surface area contributed by atoms with Crippen LogP contribution in [-0.2, 0) is 10.8 Å². The molecule has 1 aromatic rings. The molecule has 0 spiro atoms. The number of rotatable bonds is 3. The van der Waals surface area contributed by atoms with Crippen LogP contribution in [0.15, 0.2) is 29.4 Å². The number of hydrogen-bond acceptors (Lipinski definition) is 3. The maximum absolute atomic E-state index is 12.0. The van der Waals surface area contributed by atoms with Crippen molar-refractivity contribution in [2.45, 2.75) is 17.7 Å². The second-order valence-corrected chi connectivity index (χ2v) is 5.40. The first-order valence-corrected chi connectivity index (χ1v) is 6.67. The van der Waals surface area contributed by atoms with Gasteiger partial charge in [0, 0.05) is 23.0 Å². The third-order valence-corrected chi connectivity index (χ3v) is 4.27. The highest BCUT2D eigenvalue weighted by atomic mass is 32.2. The van der Waals surface area contributed by atoms with E-state index in [1.807, 2.05) is 12.1 Å². The van der Waals surface area contributed by atoms with Crippen molar-refractivity contribution in [2.75, 3.05) is 18.8 Å². The molecule has 0 unspecified atom stereocenters. The Labute approximate surface area is 92.8 Å². The fourth-order valence-corrected chi connectivity index (χ4v) is 3.20. The molecule has 1 fully saturated rings. The van der Waals surface area contributed by atoms with Crippen LogP contribution in [0.1, 0.15) is 12.8 Å². The highest BCUT2D eigenvalue weighted by Crippen LogP contribution is 2.14. The normalized spacial score (nSPS) is 23.6. The summed E-state index contributed by atoms with van der Waals surface area (Å²) in [7, 11) is -0.861. The van der Waals surface area contributed by atoms with E-state index in [-0.39, 0.29) is 0 Å². The summed E-state index contributed by atoms with van der Waals surface area (Å²) in [5.74, 6) is 1.34. The summed E-state index contributed by atoms with van der Waals surface area (Å²) in [5.41, 5.74) is 0. The van der Waals surface area contributed by atoms with Crippen LogP contribution in [0.3, 0.4) is 0 Å². The van der Waals surface area contributed by atoms with Crippen molar-refractivity contribution in [3.63, 3.8) is 0 Å². The Hall–Kier alpha value is -0.740. The molecule has 1 aliphatic heterocycles. The summed E-state index contributed by atoms with van der Waals surface area (Å²) in [6.45, 7) is 2.12. The summed E-state index contributed by atoms with van der Waals surface area (Å²) < 4.78 is 12.0. The minimum Gasteiger partial charge on any atom is -0.316 e. The first-order valence-electron chi connectivity index (χ1n) is 5.35. The van der Waals surface area contributed by atoms with Crippen LogP contribution in [0, 0.1) is 5.92 Å². The molecule has 3 nitrogen and oxygen atoms in total. The van der Waals surface area contributed by atoms with Gasteiger partial charge in [0.15, 0.2) is 0 Å². The first-order chi connectivity index (χ1) is 7.36. The predicted octanol–water partition coefficient (Wildman–Crippen LogP) is 1.19. The summed E-state index contributed by atoms with van der Waals surface area (Å²) >= 11 is 0. The number of piperidine rings is 1. The van der Waals surface area contributed by atoms with Gasteiger partial charge in [-0.1, -0.05) is 0 Å². The van der Waals surface area contributed by atoms with Gasteiger partial charge in [0.25, 0.3) is 0 Å². The van der Waals surface area contributed by atoms with Crippen LogP contribution in [0.2, 0.25) is 0 Å². The molecule has 2 heterocycles. The molecule has 2 atom stereocenters. The maximum Gasteiger partial charge on any atom is 0.0533 e. The molecule has 1 saturated heterocycles. The van der Waals surface area contributed by atoms with E-state index in [0.29, 0.717) is 5.92 Å². The van der Waals surface area contributed by atoms with Crippen LogP contribution < -0.4 is 5.32 Å². The quantitative estimate of drug-likeness (QED) is 0.838. The SMILES string of the molecule is O=[S@@](C[C@@H]1CCCNC1)c1ccncc1. The Morgan fingerprint density at radius 2 is 2.27 bits per heavy atom. The lowest BCUT2D eigenvalue weighted by molar-refractivity contribution is 0.408. The third kappa shape index (κ3) is 3.11. The Kier molecular flexibility index (Phi) is 3.86. The van der Waals surface area contributed by atoms with Gasteiger partial charge in [-0.15, -0.1) is 0 Å². The van der Waals surface area contributed by atoms with E-state index in [0.717, 1.165) is 23.7 Å². The van der Waals surface area contributed by atoms with Crippen molar-refractivity contribution < 1.29 is 4.21 Å². The van der Waals surface area contributed by atoms with Crippen LogP contribution >= 0.6 is 0 Å². The van der Waals surface area contributed by atoms with E-state index in [4.69, 9.17) is 0 Å². The van der Waals surface area contributed by atoms with Gasteiger partial charge in [-0.25, -0.2) is 0 Å². The van der Waals surface area contributed by atoms with Gasteiger partial charge in [0.1, 0.15) is 0 Å². The molecular formula is C11H16N2OS. The number of hydrogen-bond donors (Lipinski definition) is 1. The second kappa shape index (κ2) is 5.37. The van der Waals surface area contributed by atoms with E-state index in [2.05, 4.69) is 10.3 Å². The minimum absolute atomic E-state index is 0.563. The zero-order chi connectivity index (χ0) is 10.5. The van der Waals surface area contributed by atoms with Crippen molar-refractivity contribution >= 4 is 10.8 Å². The lowest BCUT2D eigenvalue weighted by Crippen LogP contribution is -2.32. The zero-order valence-corrected chi connectivity index (χ0v) is 9.50. The van der Waals surface area contributed by atoms with Crippen LogP contribution in [-0.4, -0.2) is 28.0 Å². The Morgan fingerprint density at radius 3 is 2.93 bits per heavy atom. The standard InChI is InChI=1S/C11H16N2OS/c14-15(11-3-6-12-7-4-11)9-10-2-1-5-13-8-10/h3-4,6-7,10,13H,1-2,5,8-9H2/t10-,15+/m1/s1. The van der Waals surface area contributed by atoms with Gasteiger partial charge in [0.2, 0.25) is 0 Å². The van der Waals surface area contributed by atoms with Gasteiger partial charge in [-0.3, -0.25) is 9.19 Å². The van der Waals surface area contributed by atoms with E-state index >= 15 is 0 Å². The lowest BCUT2D eigenvalue weighted by Gasteiger charge is -2.22. The Bertz CT molecular complexity index is 323. The van der Waals surface area contributed by atoms with E-state index in [9.17, 15) is 4.21 Å². The summed E-state index contributed by atoms with van der Waals surface area (Å²) in [6, 6.07) is 3.68. The highest BCUT2D eigenvalue weighted by molar-refractivity contribution is 7.85. The molecule has 0 amide bonds. The third-order valence-electron chi connectivity index (χ3n) is 2.70. The monoisotopic (exact) mass is 224 g/mol. The molecule has 0 radical (unpaired) electrons. The van der Waals surface area contributed by atoms with Gasteiger partial charge < -0.3 is 5.32 Å². The van der Waals surface area contributed by atoms with Crippen molar-refractivity contribution in [1.82, 2.24) is 10.3 Å². The molecule has 15 heavy (non-hydrogen) atoms. The topological polar surface area (TPSA) is 42.0 Å². The van der Waals surface area contributed by atoms with Crippen LogP contribution in [0.25, 0.3) is 0 Å². The molecule has 1 N–H and O–H groups in total. The van der Waals surface area contributed by atoms with Crippen molar-refractivity contribution in [3.8, 4) is 0 Å². The lowest BCUT2D eigenvalue weighted by atomic mass is 10.0. The average Bonchev–Trinajstić information content (AvgIpc) is 2.31. The molecule has 0 bridgehead atoms. The van der Waals surface area contributed by atoms with Crippen LogP contribution in [0.5, 0.6) is 0 Å². The zero-order valence-electron chi connectivity index (χ0n) is 8.69. The maximum atomic E-state index is 12.0. The first kappa shape index (κ1) is 10.8. The molecule has 82 valence electrons. The molecule has 4 heteroatoms. The molecule has 0 aliphatic carbocycles. The van der Waals surface area contributed by atoms with E-state index in [1.54, 1.807) is 12.4 Å². The number of nitrogens with zero attached hydrogens (tertiary/aromatic N) is 1. The van der Waals surface area contributed by atoms with Crippen molar-refractivity contribution in [1.29, 1.82) is 0 Å². The summed E-state index contributed by atoms with van der Waals surface area (Å²) in [5, 5.41) is 3.34. The second-order valence-electron chi connectivity index (χ2n) is 3.91. The smallest absolute Gasteiger partial charge is 0.0533 e. The molecule has 1 aromatic heterocycles. The number of pyridine rings is 1.